The highest BCUT2D eigenvalue weighted by Crippen LogP contribution is 2.28. The number of halogens is 1. The molecule has 0 aliphatic rings. The number of sulfonamides is 1. The van der Waals surface area contributed by atoms with Crippen LogP contribution >= 0.6 is 22.9 Å². The summed E-state index contributed by atoms with van der Waals surface area (Å²) in [6.45, 7) is 2.24. The number of hydrogen-bond acceptors (Lipinski definition) is 4. The van der Waals surface area contributed by atoms with Gasteiger partial charge in [-0.25, -0.2) is 8.42 Å². The number of methoxy groups -OCH3 is 1. The Morgan fingerprint density at radius 3 is 2.81 bits per heavy atom. The maximum atomic E-state index is 12.5. The molecular weight excluding hydrogens is 330 g/mol. The molecule has 0 atom stereocenters. The van der Waals surface area contributed by atoms with Crippen LogP contribution in [0.2, 0.25) is 5.02 Å². The molecule has 1 aromatic heterocycles. The highest BCUT2D eigenvalue weighted by Gasteiger charge is 2.19. The first-order valence-electron chi connectivity index (χ1n) is 6.29. The number of hydrogen-bond donors (Lipinski definition) is 1. The molecule has 0 fully saturated rings. The predicted molar refractivity (Wildman–Crippen MR) is 86.9 cm³/mol. The summed E-state index contributed by atoms with van der Waals surface area (Å²) in [4.78, 5) is 1.14. The summed E-state index contributed by atoms with van der Waals surface area (Å²) in [6, 6.07) is 6.60. The lowest BCUT2D eigenvalue weighted by Crippen LogP contribution is -2.15. The lowest BCUT2D eigenvalue weighted by molar-refractivity contribution is 0.203. The third-order valence-electron chi connectivity index (χ3n) is 3.03. The fourth-order valence-corrected chi connectivity index (χ4v) is 4.37. The number of benzene rings is 1. The molecule has 0 amide bonds. The van der Waals surface area contributed by atoms with Crippen molar-refractivity contribution in [1.82, 2.24) is 0 Å². The van der Waals surface area contributed by atoms with Crippen molar-refractivity contribution in [2.24, 2.45) is 0 Å². The second-order valence-corrected chi connectivity index (χ2v) is 7.53. The van der Waals surface area contributed by atoms with E-state index >= 15 is 0 Å². The Labute approximate surface area is 133 Å². The van der Waals surface area contributed by atoms with Crippen LogP contribution in [0.5, 0.6) is 0 Å². The number of nitrogens with one attached hydrogen (secondary N) is 1. The highest BCUT2D eigenvalue weighted by molar-refractivity contribution is 7.92. The fraction of sp³-hybridized carbons (Fsp3) is 0.286. The molecule has 0 radical (unpaired) electrons. The largest absolute Gasteiger partial charge is 0.384 e. The molecule has 1 aromatic carbocycles. The molecule has 1 heterocycles. The first-order chi connectivity index (χ1) is 9.95. The minimum Gasteiger partial charge on any atom is -0.384 e. The van der Waals surface area contributed by atoms with Crippen LogP contribution in [0.15, 0.2) is 34.5 Å². The van der Waals surface area contributed by atoms with Crippen molar-refractivity contribution in [2.45, 2.75) is 18.2 Å². The number of rotatable bonds is 6. The molecule has 7 heteroatoms. The standard InChI is InChI=1S/C14H16ClNO3S2/c1-10-11(15)4-3-5-14(10)21(17,18)16-12-7-9-20-13(12)6-8-19-2/h3-5,7,9,16H,6,8H2,1-2H3. The van der Waals surface area contributed by atoms with Crippen LogP contribution in [0.25, 0.3) is 0 Å². The molecular formula is C14H16ClNO3S2. The van der Waals surface area contributed by atoms with E-state index in [9.17, 15) is 8.42 Å². The monoisotopic (exact) mass is 345 g/mol. The van der Waals surface area contributed by atoms with Crippen molar-refractivity contribution in [3.63, 3.8) is 0 Å². The Hall–Kier alpha value is -1.08. The molecule has 114 valence electrons. The van der Waals surface area contributed by atoms with Crippen LogP contribution in [0.4, 0.5) is 5.69 Å². The first-order valence-corrected chi connectivity index (χ1v) is 9.03. The second-order valence-electron chi connectivity index (χ2n) is 4.47. The summed E-state index contributed by atoms with van der Waals surface area (Å²) in [5.41, 5.74) is 1.14. The third-order valence-corrected chi connectivity index (χ3v) is 5.93. The molecule has 4 nitrogen and oxygen atoms in total. The van der Waals surface area contributed by atoms with Gasteiger partial charge in [0.15, 0.2) is 0 Å². The van der Waals surface area contributed by atoms with E-state index in [1.165, 1.54) is 11.3 Å². The number of thiophene rings is 1. The number of ether oxygens (including phenoxy) is 1. The smallest absolute Gasteiger partial charge is 0.262 e. The lowest BCUT2D eigenvalue weighted by atomic mass is 10.2. The predicted octanol–water partition coefficient (Wildman–Crippen LogP) is 3.70. The molecule has 2 rings (SSSR count). The Kier molecular flexibility index (Phi) is 5.27. The fourth-order valence-electron chi connectivity index (χ4n) is 1.90. The van der Waals surface area contributed by atoms with Gasteiger partial charge in [-0.05, 0) is 36.1 Å². The van der Waals surface area contributed by atoms with E-state index in [4.69, 9.17) is 16.3 Å². The van der Waals surface area contributed by atoms with Crippen molar-refractivity contribution in [2.75, 3.05) is 18.4 Å². The molecule has 2 aromatic rings. The third kappa shape index (κ3) is 3.77. The average Bonchev–Trinajstić information content (AvgIpc) is 2.85. The molecule has 1 N–H and O–H groups in total. The SMILES string of the molecule is COCCc1sccc1NS(=O)(=O)c1cccc(Cl)c1C. The minimum absolute atomic E-state index is 0.193. The first kappa shape index (κ1) is 16.3. The second kappa shape index (κ2) is 6.79. The van der Waals surface area contributed by atoms with Crippen LogP contribution < -0.4 is 4.72 Å². The summed E-state index contributed by atoms with van der Waals surface area (Å²) >= 11 is 7.49. The summed E-state index contributed by atoms with van der Waals surface area (Å²) in [7, 11) is -2.03. The van der Waals surface area contributed by atoms with Gasteiger partial charge in [0.05, 0.1) is 17.2 Å². The van der Waals surface area contributed by atoms with Crippen LogP contribution in [0.1, 0.15) is 10.4 Å². The van der Waals surface area contributed by atoms with Crippen LogP contribution in [-0.2, 0) is 21.2 Å². The van der Waals surface area contributed by atoms with Crippen molar-refractivity contribution in [3.8, 4) is 0 Å². The molecule has 0 saturated heterocycles. The maximum Gasteiger partial charge on any atom is 0.262 e. The number of anilines is 1. The van der Waals surface area contributed by atoms with Gasteiger partial charge in [0.2, 0.25) is 0 Å². The van der Waals surface area contributed by atoms with Crippen molar-refractivity contribution >= 4 is 38.6 Å². The summed E-state index contributed by atoms with van der Waals surface area (Å²) in [5, 5.41) is 2.29. The molecule has 0 unspecified atom stereocenters. The zero-order valence-electron chi connectivity index (χ0n) is 11.7. The van der Waals surface area contributed by atoms with Crippen molar-refractivity contribution in [1.29, 1.82) is 0 Å². The zero-order chi connectivity index (χ0) is 15.5. The van der Waals surface area contributed by atoms with Crippen LogP contribution in [0, 0.1) is 6.92 Å². The molecule has 21 heavy (non-hydrogen) atoms. The van der Waals surface area contributed by atoms with E-state index in [-0.39, 0.29) is 4.90 Å². The molecule has 0 spiro atoms. The molecule has 0 bridgehead atoms. The molecule has 0 aliphatic carbocycles. The van der Waals surface area contributed by atoms with Gasteiger partial charge in [0.25, 0.3) is 10.0 Å². The maximum absolute atomic E-state index is 12.5. The highest BCUT2D eigenvalue weighted by atomic mass is 35.5. The summed E-state index contributed by atoms with van der Waals surface area (Å²) < 4.78 is 32.7. The zero-order valence-corrected chi connectivity index (χ0v) is 14.1. The average molecular weight is 346 g/mol. The Morgan fingerprint density at radius 2 is 2.10 bits per heavy atom. The van der Waals surface area contributed by atoms with Gasteiger partial charge >= 0.3 is 0 Å². The van der Waals surface area contributed by atoms with Gasteiger partial charge in [-0.3, -0.25) is 4.72 Å². The molecule has 0 saturated carbocycles. The van der Waals surface area contributed by atoms with E-state index < -0.39 is 10.0 Å². The van der Waals surface area contributed by atoms with Crippen molar-refractivity contribution in [3.05, 3.63) is 45.1 Å². The van der Waals surface area contributed by atoms with Gasteiger partial charge in [0, 0.05) is 23.4 Å². The van der Waals surface area contributed by atoms with Gasteiger partial charge in [-0.15, -0.1) is 11.3 Å². The van der Waals surface area contributed by atoms with E-state index in [0.29, 0.717) is 29.3 Å². The van der Waals surface area contributed by atoms with Crippen LogP contribution in [-0.4, -0.2) is 22.1 Å². The van der Waals surface area contributed by atoms with Crippen LogP contribution in [0.3, 0.4) is 0 Å². The normalized spacial score (nSPS) is 11.6. The van der Waals surface area contributed by atoms with Gasteiger partial charge in [-0.1, -0.05) is 17.7 Å². The Bertz CT molecular complexity index is 726. The van der Waals surface area contributed by atoms with E-state index in [1.807, 2.05) is 5.38 Å². The van der Waals surface area contributed by atoms with Gasteiger partial charge in [0.1, 0.15) is 0 Å². The van der Waals surface area contributed by atoms with E-state index in [0.717, 1.165) is 4.88 Å². The van der Waals surface area contributed by atoms with E-state index in [1.54, 1.807) is 38.3 Å². The quantitative estimate of drug-likeness (QED) is 0.868. The van der Waals surface area contributed by atoms with Crippen molar-refractivity contribution < 1.29 is 13.2 Å². The lowest BCUT2D eigenvalue weighted by Gasteiger charge is -2.11. The Morgan fingerprint density at radius 1 is 1.33 bits per heavy atom. The minimum atomic E-state index is -3.65. The summed E-state index contributed by atoms with van der Waals surface area (Å²) in [5.74, 6) is 0. The molecule has 0 aliphatic heterocycles. The summed E-state index contributed by atoms with van der Waals surface area (Å²) in [6.07, 6.45) is 0.667. The topological polar surface area (TPSA) is 55.4 Å². The van der Waals surface area contributed by atoms with E-state index in [2.05, 4.69) is 4.72 Å². The van der Waals surface area contributed by atoms with Gasteiger partial charge in [-0.2, -0.15) is 0 Å². The Balaban J connectivity index is 2.30. The van der Waals surface area contributed by atoms with Gasteiger partial charge < -0.3 is 4.74 Å².